The largest absolute Gasteiger partial charge is 0.469 e. The molecule has 0 aliphatic rings. The van der Waals surface area contributed by atoms with Gasteiger partial charge in [0.25, 0.3) is 0 Å². The maximum absolute atomic E-state index is 11.8. The van der Waals surface area contributed by atoms with E-state index in [4.69, 9.17) is 9.72 Å². The van der Waals surface area contributed by atoms with Gasteiger partial charge in [0.05, 0.1) is 19.0 Å². The first-order valence-electron chi connectivity index (χ1n) is 9.01. The van der Waals surface area contributed by atoms with E-state index in [0.717, 1.165) is 38.0 Å². The van der Waals surface area contributed by atoms with Crippen molar-refractivity contribution in [1.82, 2.24) is 9.55 Å². The molecule has 4 nitrogen and oxygen atoms in total. The minimum atomic E-state index is -0.242. The molecule has 5 heteroatoms. The predicted molar refractivity (Wildman–Crippen MR) is 114 cm³/mol. The lowest BCUT2D eigenvalue weighted by atomic mass is 10.0. The van der Waals surface area contributed by atoms with Gasteiger partial charge in [0, 0.05) is 16.6 Å². The van der Waals surface area contributed by atoms with E-state index in [9.17, 15) is 4.79 Å². The van der Waals surface area contributed by atoms with Crippen molar-refractivity contribution in [2.45, 2.75) is 13.0 Å². The van der Waals surface area contributed by atoms with Gasteiger partial charge in [-0.15, -0.1) is 0 Å². The number of para-hydroxylation sites is 1. The number of hydrogen-bond donors (Lipinski definition) is 0. The number of ether oxygens (including phenoxy) is 1. The zero-order valence-electron chi connectivity index (χ0n) is 15.4. The Morgan fingerprint density at radius 1 is 0.964 bits per heavy atom. The number of esters is 1. The number of nitrogens with zero attached hydrogens (tertiary/aromatic N) is 2. The van der Waals surface area contributed by atoms with Crippen molar-refractivity contribution in [2.24, 2.45) is 0 Å². The Balaban J connectivity index is 1.86. The Morgan fingerprint density at radius 2 is 1.68 bits per heavy atom. The molecule has 0 saturated heterocycles. The molecule has 0 bridgehead atoms. The number of halogens is 1. The average molecular weight is 435 g/mol. The van der Waals surface area contributed by atoms with Crippen LogP contribution >= 0.6 is 15.9 Å². The van der Waals surface area contributed by atoms with Gasteiger partial charge in [-0.3, -0.25) is 4.79 Å². The van der Waals surface area contributed by atoms with Crippen molar-refractivity contribution < 1.29 is 9.53 Å². The molecule has 0 unspecified atom stereocenters. The Morgan fingerprint density at radius 3 is 2.43 bits per heavy atom. The maximum Gasteiger partial charge on any atom is 0.309 e. The molecule has 0 saturated carbocycles. The molecule has 4 aromatic rings. The lowest BCUT2D eigenvalue weighted by Gasteiger charge is -2.13. The molecular weight excluding hydrogens is 416 g/mol. The summed E-state index contributed by atoms with van der Waals surface area (Å²) in [6.07, 6.45) is 0.254. The predicted octanol–water partition coefficient (Wildman–Crippen LogP) is 5.23. The Labute approximate surface area is 171 Å². The number of imidazole rings is 1. The van der Waals surface area contributed by atoms with Gasteiger partial charge in [0.2, 0.25) is 0 Å². The highest BCUT2D eigenvalue weighted by molar-refractivity contribution is 9.10. The minimum absolute atomic E-state index is 0.242. The van der Waals surface area contributed by atoms with Gasteiger partial charge in [0.15, 0.2) is 0 Å². The van der Waals surface area contributed by atoms with Crippen molar-refractivity contribution in [3.05, 3.63) is 88.4 Å². The molecule has 0 amide bonds. The number of carbonyl (C=O) groups excluding carboxylic acids is 1. The molecule has 4 rings (SSSR count). The quantitative estimate of drug-likeness (QED) is 0.404. The van der Waals surface area contributed by atoms with E-state index in [0.29, 0.717) is 6.54 Å². The number of methoxy groups -OCH3 is 1. The van der Waals surface area contributed by atoms with Crippen molar-refractivity contribution >= 4 is 32.9 Å². The first kappa shape index (κ1) is 18.4. The summed E-state index contributed by atoms with van der Waals surface area (Å²) in [4.78, 5) is 16.7. The van der Waals surface area contributed by atoms with E-state index in [1.807, 2.05) is 48.5 Å². The highest BCUT2D eigenvalue weighted by Gasteiger charge is 2.16. The fourth-order valence-electron chi connectivity index (χ4n) is 3.36. The third kappa shape index (κ3) is 3.58. The normalized spacial score (nSPS) is 10.9. The second kappa shape index (κ2) is 7.98. The molecule has 28 heavy (non-hydrogen) atoms. The zero-order chi connectivity index (χ0) is 19.5. The molecule has 1 aromatic heterocycles. The Kier molecular flexibility index (Phi) is 5.26. The number of benzene rings is 3. The van der Waals surface area contributed by atoms with E-state index in [-0.39, 0.29) is 12.4 Å². The third-order valence-corrected chi connectivity index (χ3v) is 5.41. The standard InChI is InChI=1S/C23H19BrN2O2/c1-28-21(27)14-17-10-5-6-11-18(17)15-26-20-13-7-12-19(24)22(20)25-23(26)16-8-3-2-4-9-16/h2-13H,14-15H2,1H3. The van der Waals surface area contributed by atoms with Gasteiger partial charge in [-0.1, -0.05) is 60.7 Å². The van der Waals surface area contributed by atoms with Crippen molar-refractivity contribution in [1.29, 1.82) is 0 Å². The first-order chi connectivity index (χ1) is 13.7. The summed E-state index contributed by atoms with van der Waals surface area (Å²) in [6.45, 7) is 0.615. The summed E-state index contributed by atoms with van der Waals surface area (Å²) in [6, 6.07) is 24.2. The van der Waals surface area contributed by atoms with Crippen molar-refractivity contribution in [3.8, 4) is 11.4 Å². The van der Waals surface area contributed by atoms with Crippen LogP contribution in [0.15, 0.2) is 77.3 Å². The monoisotopic (exact) mass is 434 g/mol. The summed E-state index contributed by atoms with van der Waals surface area (Å²) in [5.41, 5.74) is 5.05. The van der Waals surface area contributed by atoms with Crippen LogP contribution in [0.2, 0.25) is 0 Å². The van der Waals surface area contributed by atoms with Crippen LogP contribution in [-0.2, 0) is 22.5 Å². The maximum atomic E-state index is 11.8. The summed E-state index contributed by atoms with van der Waals surface area (Å²) < 4.78 is 8.02. The summed E-state index contributed by atoms with van der Waals surface area (Å²) in [5.74, 6) is 0.657. The fourth-order valence-corrected chi connectivity index (χ4v) is 3.81. The van der Waals surface area contributed by atoms with Crippen LogP contribution in [0.3, 0.4) is 0 Å². The first-order valence-corrected chi connectivity index (χ1v) is 9.80. The van der Waals surface area contributed by atoms with Crippen molar-refractivity contribution in [3.63, 3.8) is 0 Å². The Bertz CT molecular complexity index is 1140. The van der Waals surface area contributed by atoms with Crippen LogP contribution in [0.4, 0.5) is 0 Å². The molecule has 0 atom stereocenters. The van der Waals surface area contributed by atoms with E-state index in [2.05, 4.69) is 44.8 Å². The summed E-state index contributed by atoms with van der Waals surface area (Å²) in [7, 11) is 1.42. The van der Waals surface area contributed by atoms with E-state index in [1.165, 1.54) is 7.11 Å². The van der Waals surface area contributed by atoms with Gasteiger partial charge in [0.1, 0.15) is 11.3 Å². The number of carbonyl (C=O) groups is 1. The second-order valence-electron chi connectivity index (χ2n) is 6.52. The van der Waals surface area contributed by atoms with E-state index in [1.54, 1.807) is 0 Å². The molecule has 0 aliphatic carbocycles. The van der Waals surface area contributed by atoms with Gasteiger partial charge in [-0.25, -0.2) is 4.98 Å². The number of rotatable bonds is 5. The topological polar surface area (TPSA) is 44.1 Å². The Hall–Kier alpha value is -2.92. The fraction of sp³-hybridized carbons (Fsp3) is 0.130. The average Bonchev–Trinajstić information content (AvgIpc) is 3.10. The second-order valence-corrected chi connectivity index (χ2v) is 7.37. The molecular formula is C23H19BrN2O2. The van der Waals surface area contributed by atoms with Gasteiger partial charge in [-0.2, -0.15) is 0 Å². The number of fused-ring (bicyclic) bond motifs is 1. The highest BCUT2D eigenvalue weighted by Crippen LogP contribution is 2.30. The molecule has 0 N–H and O–H groups in total. The van der Waals surface area contributed by atoms with E-state index < -0.39 is 0 Å². The summed E-state index contributed by atoms with van der Waals surface area (Å²) in [5, 5.41) is 0. The molecule has 3 aromatic carbocycles. The van der Waals surface area contributed by atoms with Crippen LogP contribution in [0, 0.1) is 0 Å². The van der Waals surface area contributed by atoms with Crippen molar-refractivity contribution in [2.75, 3.05) is 7.11 Å². The van der Waals surface area contributed by atoms with E-state index >= 15 is 0 Å². The smallest absolute Gasteiger partial charge is 0.309 e. The number of hydrogen-bond acceptors (Lipinski definition) is 3. The molecule has 0 spiro atoms. The van der Waals surface area contributed by atoms with Gasteiger partial charge in [-0.05, 0) is 39.2 Å². The molecule has 140 valence electrons. The molecule has 1 heterocycles. The molecule has 0 fully saturated rings. The van der Waals surface area contributed by atoms with Gasteiger partial charge >= 0.3 is 5.97 Å². The zero-order valence-corrected chi connectivity index (χ0v) is 17.0. The minimum Gasteiger partial charge on any atom is -0.469 e. The van der Waals surface area contributed by atoms with Crippen LogP contribution in [0.1, 0.15) is 11.1 Å². The lowest BCUT2D eigenvalue weighted by molar-refractivity contribution is -0.139. The highest BCUT2D eigenvalue weighted by atomic mass is 79.9. The summed E-state index contributed by atoms with van der Waals surface area (Å²) >= 11 is 3.62. The SMILES string of the molecule is COC(=O)Cc1ccccc1Cn1c(-c2ccccc2)nc2c(Br)cccc21. The molecule has 0 aliphatic heterocycles. The van der Waals surface area contributed by atoms with Crippen LogP contribution in [0.25, 0.3) is 22.4 Å². The van der Waals surface area contributed by atoms with Crippen LogP contribution in [-0.4, -0.2) is 22.6 Å². The van der Waals surface area contributed by atoms with Crippen LogP contribution < -0.4 is 0 Å². The lowest BCUT2D eigenvalue weighted by Crippen LogP contribution is -2.09. The third-order valence-electron chi connectivity index (χ3n) is 4.77. The van der Waals surface area contributed by atoms with Crippen LogP contribution in [0.5, 0.6) is 0 Å². The van der Waals surface area contributed by atoms with Gasteiger partial charge < -0.3 is 9.30 Å². The number of aromatic nitrogens is 2. The molecule has 0 radical (unpaired) electrons.